The SMILES string of the molecule is Nc1c(-c2ccccc2)c2[nH]c1=Cc1ccc([nH]1)C=c1ccc([nH]1)=Cc1ccc([nH]1)C=2. The molecular formula is C26H21N5. The lowest BCUT2D eigenvalue weighted by molar-refractivity contribution is 1.23. The number of fused-ring (bicyclic) bond motifs is 8. The summed E-state index contributed by atoms with van der Waals surface area (Å²) < 4.78 is 0. The third-order valence-corrected chi connectivity index (χ3v) is 5.58. The van der Waals surface area contributed by atoms with Gasteiger partial charge in [-0.2, -0.15) is 0 Å². The number of benzene rings is 1. The monoisotopic (exact) mass is 403 g/mol. The van der Waals surface area contributed by atoms with Crippen molar-refractivity contribution in [3.8, 4) is 11.1 Å². The van der Waals surface area contributed by atoms with Gasteiger partial charge in [-0.05, 0) is 66.3 Å². The summed E-state index contributed by atoms with van der Waals surface area (Å²) in [5, 5.41) is 3.93. The third kappa shape index (κ3) is 3.22. The van der Waals surface area contributed by atoms with E-state index in [2.05, 4.69) is 92.8 Å². The molecule has 0 saturated heterocycles. The Morgan fingerprint density at radius 3 is 1.65 bits per heavy atom. The van der Waals surface area contributed by atoms with E-state index in [1.54, 1.807) is 0 Å². The van der Waals surface area contributed by atoms with Gasteiger partial charge in [0.1, 0.15) is 0 Å². The minimum absolute atomic E-state index is 0.730. The van der Waals surface area contributed by atoms with Gasteiger partial charge in [0.05, 0.1) is 16.4 Å². The van der Waals surface area contributed by atoms with Gasteiger partial charge >= 0.3 is 0 Å². The number of nitrogens with two attached hydrogens (primary N) is 1. The lowest BCUT2D eigenvalue weighted by atomic mass is 10.1. The largest absolute Gasteiger partial charge is 0.396 e. The lowest BCUT2D eigenvalue weighted by Crippen LogP contribution is -2.12. The van der Waals surface area contributed by atoms with E-state index in [-0.39, 0.29) is 0 Å². The van der Waals surface area contributed by atoms with E-state index in [9.17, 15) is 0 Å². The molecule has 6 rings (SSSR count). The molecule has 0 radical (unpaired) electrons. The van der Waals surface area contributed by atoms with Gasteiger partial charge in [-0.15, -0.1) is 0 Å². The van der Waals surface area contributed by atoms with Crippen molar-refractivity contribution in [3.63, 3.8) is 0 Å². The predicted octanol–water partition coefficient (Wildman–Crippen LogP) is 1.88. The van der Waals surface area contributed by atoms with Crippen molar-refractivity contribution in [1.29, 1.82) is 0 Å². The Bertz CT molecular complexity index is 1640. The van der Waals surface area contributed by atoms with Crippen LogP contribution in [-0.4, -0.2) is 19.9 Å². The van der Waals surface area contributed by atoms with Crippen LogP contribution >= 0.6 is 0 Å². The summed E-state index contributed by atoms with van der Waals surface area (Å²) in [7, 11) is 0. The molecule has 5 heteroatoms. The van der Waals surface area contributed by atoms with Crippen molar-refractivity contribution in [3.05, 3.63) is 111 Å². The first-order chi connectivity index (χ1) is 15.2. The molecule has 1 aromatic carbocycles. The zero-order valence-corrected chi connectivity index (χ0v) is 16.7. The molecule has 0 spiro atoms. The number of hydrogen-bond acceptors (Lipinski definition) is 1. The fraction of sp³-hybridized carbons (Fsp3) is 0. The minimum Gasteiger partial charge on any atom is -0.396 e. The highest BCUT2D eigenvalue weighted by molar-refractivity contribution is 5.79. The summed E-state index contributed by atoms with van der Waals surface area (Å²) in [5.74, 6) is 0. The second kappa shape index (κ2) is 6.85. The molecule has 4 aromatic heterocycles. The summed E-state index contributed by atoms with van der Waals surface area (Å²) in [4.78, 5) is 13.9. The maximum Gasteiger partial charge on any atom is 0.0654 e. The number of rotatable bonds is 1. The standard InChI is InChI=1S/C26H21N5/c27-26-24-15-22-11-9-20(30-22)13-18-7-6-17(28-18)12-19-8-10-21(29-19)14-23(31-24)25(26)16-4-2-1-3-5-16/h1-15,28-31H,27H2. The molecule has 8 bridgehead atoms. The average molecular weight is 403 g/mol. The topological polar surface area (TPSA) is 89.2 Å². The van der Waals surface area contributed by atoms with Crippen molar-refractivity contribution in [2.24, 2.45) is 0 Å². The van der Waals surface area contributed by atoms with Crippen LogP contribution in [0.2, 0.25) is 0 Å². The molecule has 0 saturated carbocycles. The Labute approximate surface area is 178 Å². The molecule has 0 amide bonds. The van der Waals surface area contributed by atoms with Gasteiger partial charge in [-0.3, -0.25) is 0 Å². The molecule has 0 fully saturated rings. The number of hydrogen-bond donors (Lipinski definition) is 5. The first-order valence-corrected chi connectivity index (χ1v) is 10.2. The Hall–Kier alpha value is -4.38. The number of nitrogens with one attached hydrogen (secondary N) is 4. The molecule has 0 aliphatic carbocycles. The number of nitrogen functional groups attached to an aromatic ring is 1. The van der Waals surface area contributed by atoms with Crippen LogP contribution < -0.4 is 27.1 Å². The van der Waals surface area contributed by atoms with Crippen molar-refractivity contribution in [2.75, 3.05) is 5.73 Å². The molecule has 1 aliphatic heterocycles. The Morgan fingerprint density at radius 2 is 1.03 bits per heavy atom. The van der Waals surface area contributed by atoms with Crippen LogP contribution in [-0.2, 0) is 0 Å². The molecule has 6 N–H and O–H groups in total. The highest BCUT2D eigenvalue weighted by Crippen LogP contribution is 2.20. The van der Waals surface area contributed by atoms with Gasteiger partial charge < -0.3 is 25.7 Å². The van der Waals surface area contributed by atoms with Gasteiger partial charge in [0.15, 0.2) is 0 Å². The van der Waals surface area contributed by atoms with Crippen molar-refractivity contribution >= 4 is 30.0 Å². The summed E-state index contributed by atoms with van der Waals surface area (Å²) in [6.45, 7) is 0. The van der Waals surface area contributed by atoms with E-state index in [0.29, 0.717) is 0 Å². The van der Waals surface area contributed by atoms with Crippen LogP contribution in [0.3, 0.4) is 0 Å². The highest BCUT2D eigenvalue weighted by atomic mass is 14.8. The Balaban J connectivity index is 1.67. The molecular weight excluding hydrogens is 382 g/mol. The van der Waals surface area contributed by atoms with Crippen LogP contribution in [0.25, 0.3) is 35.4 Å². The Kier molecular flexibility index (Phi) is 3.86. The molecule has 150 valence electrons. The number of aromatic amines is 4. The average Bonchev–Trinajstić information content (AvgIpc) is 3.55. The van der Waals surface area contributed by atoms with E-state index in [4.69, 9.17) is 5.73 Å². The summed E-state index contributed by atoms with van der Waals surface area (Å²) in [6.07, 6.45) is 8.35. The summed E-state index contributed by atoms with van der Waals surface area (Å²) in [6, 6.07) is 22.7. The highest BCUT2D eigenvalue weighted by Gasteiger charge is 2.10. The second-order valence-electron chi connectivity index (χ2n) is 7.79. The van der Waals surface area contributed by atoms with Crippen LogP contribution in [0.4, 0.5) is 5.69 Å². The molecule has 5 nitrogen and oxygen atoms in total. The minimum atomic E-state index is 0.730. The molecule has 0 unspecified atom stereocenters. The Morgan fingerprint density at radius 1 is 0.484 bits per heavy atom. The lowest BCUT2D eigenvalue weighted by Gasteiger charge is -2.00. The van der Waals surface area contributed by atoms with Gasteiger partial charge in [0, 0.05) is 39.0 Å². The maximum absolute atomic E-state index is 6.65. The number of anilines is 1. The first kappa shape index (κ1) is 17.5. The normalized spacial score (nSPS) is 12.4. The van der Waals surface area contributed by atoms with Crippen molar-refractivity contribution in [1.82, 2.24) is 19.9 Å². The predicted molar refractivity (Wildman–Crippen MR) is 126 cm³/mol. The third-order valence-electron chi connectivity index (χ3n) is 5.58. The molecule has 5 heterocycles. The zero-order valence-electron chi connectivity index (χ0n) is 16.7. The van der Waals surface area contributed by atoms with Crippen LogP contribution in [0.1, 0.15) is 22.8 Å². The maximum atomic E-state index is 6.65. The van der Waals surface area contributed by atoms with Crippen molar-refractivity contribution < 1.29 is 0 Å². The first-order valence-electron chi connectivity index (χ1n) is 10.2. The van der Waals surface area contributed by atoms with E-state index >= 15 is 0 Å². The molecule has 31 heavy (non-hydrogen) atoms. The molecule has 1 aliphatic rings. The second-order valence-corrected chi connectivity index (χ2v) is 7.79. The number of H-pyrrole nitrogens is 4. The van der Waals surface area contributed by atoms with E-state index in [1.165, 1.54) is 0 Å². The van der Waals surface area contributed by atoms with Gasteiger partial charge in [0.25, 0.3) is 0 Å². The summed E-state index contributed by atoms with van der Waals surface area (Å²) >= 11 is 0. The van der Waals surface area contributed by atoms with Gasteiger partial charge in [-0.1, -0.05) is 30.3 Å². The number of aromatic nitrogens is 4. The van der Waals surface area contributed by atoms with Gasteiger partial charge in [0.2, 0.25) is 0 Å². The van der Waals surface area contributed by atoms with Crippen LogP contribution in [0.5, 0.6) is 0 Å². The smallest absolute Gasteiger partial charge is 0.0654 e. The summed E-state index contributed by atoms with van der Waals surface area (Å²) in [5.41, 5.74) is 13.5. The van der Waals surface area contributed by atoms with E-state index < -0.39 is 0 Å². The molecule has 0 atom stereocenters. The zero-order chi connectivity index (χ0) is 20.8. The fourth-order valence-electron chi connectivity index (χ4n) is 4.13. The van der Waals surface area contributed by atoms with E-state index in [0.717, 1.165) is 61.0 Å². The van der Waals surface area contributed by atoms with Crippen LogP contribution in [0.15, 0.2) is 66.7 Å². The van der Waals surface area contributed by atoms with Crippen molar-refractivity contribution in [2.45, 2.75) is 0 Å². The van der Waals surface area contributed by atoms with Gasteiger partial charge in [-0.25, -0.2) is 0 Å². The molecule has 5 aromatic rings. The van der Waals surface area contributed by atoms with Crippen LogP contribution in [0, 0.1) is 0 Å². The van der Waals surface area contributed by atoms with E-state index in [1.807, 2.05) is 18.2 Å². The fourth-order valence-corrected chi connectivity index (χ4v) is 4.13. The quantitative estimate of drug-likeness (QED) is 0.285.